The molecular weight excluding hydrogens is 291 g/mol. The van der Waals surface area contributed by atoms with Gasteiger partial charge in [0.1, 0.15) is 5.75 Å². The molecule has 0 aliphatic carbocycles. The number of halogens is 3. The highest BCUT2D eigenvalue weighted by molar-refractivity contribution is 5.95. The van der Waals surface area contributed by atoms with Crippen LogP contribution < -0.4 is 4.74 Å². The van der Waals surface area contributed by atoms with Crippen LogP contribution in [0.2, 0.25) is 0 Å². The van der Waals surface area contributed by atoms with Gasteiger partial charge >= 0.3 is 12.6 Å². The summed E-state index contributed by atoms with van der Waals surface area (Å²) in [6, 6.07) is 4.91. The van der Waals surface area contributed by atoms with Crippen molar-refractivity contribution >= 4 is 11.9 Å². The van der Waals surface area contributed by atoms with Crippen molar-refractivity contribution in [1.29, 1.82) is 0 Å². The van der Waals surface area contributed by atoms with E-state index in [1.807, 2.05) is 0 Å². The van der Waals surface area contributed by atoms with Gasteiger partial charge in [-0.3, -0.25) is 4.79 Å². The Hall–Kier alpha value is -2.25. The molecule has 1 atom stereocenters. The molecule has 1 aromatic carbocycles. The fourth-order valence-corrected chi connectivity index (χ4v) is 2.08. The number of carboxylic acids is 1. The van der Waals surface area contributed by atoms with E-state index in [0.717, 1.165) is 4.90 Å². The van der Waals surface area contributed by atoms with Crippen molar-refractivity contribution in [2.24, 2.45) is 0 Å². The molecule has 0 aromatic heterocycles. The summed E-state index contributed by atoms with van der Waals surface area (Å²) in [5, 5.41) is 8.76. The molecule has 1 aromatic rings. The number of ether oxygens (including phenoxy) is 1. The van der Waals surface area contributed by atoms with Gasteiger partial charge < -0.3 is 14.7 Å². The lowest BCUT2D eigenvalue weighted by molar-refractivity contribution is -0.149. The summed E-state index contributed by atoms with van der Waals surface area (Å²) in [5.41, 5.74) is -2.29. The summed E-state index contributed by atoms with van der Waals surface area (Å²) >= 11 is 0. The maximum Gasteiger partial charge on any atom is 0.387 e. The van der Waals surface area contributed by atoms with Gasteiger partial charge in [0, 0.05) is 18.5 Å². The quantitative estimate of drug-likeness (QED) is 0.923. The monoisotopic (exact) mass is 303 g/mol. The van der Waals surface area contributed by atoms with Crippen molar-refractivity contribution in [3.8, 4) is 5.75 Å². The van der Waals surface area contributed by atoms with E-state index in [-0.39, 0.29) is 24.3 Å². The van der Waals surface area contributed by atoms with Gasteiger partial charge in [-0.2, -0.15) is 8.78 Å². The Kier molecular flexibility index (Phi) is 4.06. The van der Waals surface area contributed by atoms with Crippen molar-refractivity contribution in [3.63, 3.8) is 0 Å². The van der Waals surface area contributed by atoms with Crippen LogP contribution in [0.1, 0.15) is 16.8 Å². The molecule has 1 amide bonds. The number of nitrogens with zero attached hydrogens (tertiary/aromatic N) is 1. The predicted molar refractivity (Wildman–Crippen MR) is 65.1 cm³/mol. The first kappa shape index (κ1) is 15.1. The number of hydrogen-bond acceptors (Lipinski definition) is 3. The van der Waals surface area contributed by atoms with Crippen LogP contribution in [0.25, 0.3) is 0 Å². The summed E-state index contributed by atoms with van der Waals surface area (Å²) in [6.45, 7) is -3.51. The SMILES string of the molecule is O=C(c1ccc(OC(F)F)cc1)N1CCC(F)(C(=O)O)C1. The van der Waals surface area contributed by atoms with Crippen LogP contribution in [-0.2, 0) is 4.79 Å². The van der Waals surface area contributed by atoms with Crippen LogP contribution in [0.15, 0.2) is 24.3 Å². The summed E-state index contributed by atoms with van der Waals surface area (Å²) in [4.78, 5) is 23.9. The Bertz CT molecular complexity index is 549. The lowest BCUT2D eigenvalue weighted by atomic mass is 10.1. The molecule has 1 saturated heterocycles. The third-order valence-electron chi connectivity index (χ3n) is 3.22. The van der Waals surface area contributed by atoms with Crippen LogP contribution in [-0.4, -0.2) is 47.3 Å². The van der Waals surface area contributed by atoms with Gasteiger partial charge in [-0.15, -0.1) is 0 Å². The Morgan fingerprint density at radius 2 is 1.90 bits per heavy atom. The van der Waals surface area contributed by atoms with Crippen LogP contribution in [0.5, 0.6) is 5.75 Å². The maximum absolute atomic E-state index is 13.9. The van der Waals surface area contributed by atoms with Crippen LogP contribution >= 0.6 is 0 Å². The fraction of sp³-hybridized carbons (Fsp3) is 0.385. The Morgan fingerprint density at radius 3 is 2.38 bits per heavy atom. The smallest absolute Gasteiger partial charge is 0.387 e. The lowest BCUT2D eigenvalue weighted by Gasteiger charge is -2.18. The van der Waals surface area contributed by atoms with Gasteiger partial charge in [-0.05, 0) is 24.3 Å². The Morgan fingerprint density at radius 1 is 1.29 bits per heavy atom. The van der Waals surface area contributed by atoms with Gasteiger partial charge in [-0.1, -0.05) is 0 Å². The highest BCUT2D eigenvalue weighted by atomic mass is 19.3. The van der Waals surface area contributed by atoms with Crippen molar-refractivity contribution in [2.45, 2.75) is 18.7 Å². The number of benzene rings is 1. The van der Waals surface area contributed by atoms with E-state index in [1.54, 1.807) is 0 Å². The van der Waals surface area contributed by atoms with Crippen molar-refractivity contribution in [2.75, 3.05) is 13.1 Å². The molecule has 21 heavy (non-hydrogen) atoms. The molecule has 1 aliphatic heterocycles. The van der Waals surface area contributed by atoms with E-state index in [0.29, 0.717) is 0 Å². The lowest BCUT2D eigenvalue weighted by Crippen LogP contribution is -2.38. The minimum absolute atomic E-state index is 0.0169. The normalized spacial score (nSPS) is 21.6. The number of aliphatic carboxylic acids is 1. The third kappa shape index (κ3) is 3.26. The van der Waals surface area contributed by atoms with Gasteiger partial charge in [0.15, 0.2) is 0 Å². The zero-order valence-corrected chi connectivity index (χ0v) is 10.8. The number of amides is 1. The van der Waals surface area contributed by atoms with E-state index in [2.05, 4.69) is 4.74 Å². The molecule has 1 fully saturated rings. The molecule has 0 bridgehead atoms. The number of rotatable bonds is 4. The Labute approximate surface area is 117 Å². The molecule has 1 N–H and O–H groups in total. The first-order valence-corrected chi connectivity index (χ1v) is 6.08. The average Bonchev–Trinajstić information content (AvgIpc) is 2.82. The zero-order valence-electron chi connectivity index (χ0n) is 10.8. The van der Waals surface area contributed by atoms with Crippen LogP contribution in [0.4, 0.5) is 13.2 Å². The fourth-order valence-electron chi connectivity index (χ4n) is 2.08. The van der Waals surface area contributed by atoms with Crippen molar-refractivity contribution < 1.29 is 32.6 Å². The van der Waals surface area contributed by atoms with Crippen molar-refractivity contribution in [3.05, 3.63) is 29.8 Å². The van der Waals surface area contributed by atoms with Crippen LogP contribution in [0.3, 0.4) is 0 Å². The molecule has 2 rings (SSSR count). The van der Waals surface area contributed by atoms with Gasteiger partial charge in [0.25, 0.3) is 5.91 Å². The van der Waals surface area contributed by atoms with Gasteiger partial charge in [0.2, 0.25) is 5.67 Å². The molecule has 0 saturated carbocycles. The molecule has 8 heteroatoms. The predicted octanol–water partition coefficient (Wildman–Crippen LogP) is 1.93. The number of carbonyl (C=O) groups excluding carboxylic acids is 1. The van der Waals surface area contributed by atoms with Crippen molar-refractivity contribution in [1.82, 2.24) is 4.90 Å². The largest absolute Gasteiger partial charge is 0.479 e. The number of hydrogen-bond donors (Lipinski definition) is 1. The highest BCUT2D eigenvalue weighted by Crippen LogP contribution is 2.27. The molecule has 1 aliphatic rings. The van der Waals surface area contributed by atoms with Crippen LogP contribution in [0, 0.1) is 0 Å². The first-order valence-electron chi connectivity index (χ1n) is 6.08. The maximum atomic E-state index is 13.9. The summed E-state index contributed by atoms with van der Waals surface area (Å²) in [7, 11) is 0. The van der Waals surface area contributed by atoms with E-state index in [9.17, 15) is 22.8 Å². The van der Waals surface area contributed by atoms with E-state index >= 15 is 0 Å². The highest BCUT2D eigenvalue weighted by Gasteiger charge is 2.46. The third-order valence-corrected chi connectivity index (χ3v) is 3.22. The molecule has 1 unspecified atom stereocenters. The summed E-state index contributed by atoms with van der Waals surface area (Å²) in [6.07, 6.45) is -0.277. The number of likely N-dealkylation sites (tertiary alicyclic amines) is 1. The minimum atomic E-state index is -2.96. The number of alkyl halides is 3. The number of carbonyl (C=O) groups is 2. The molecule has 1 heterocycles. The number of carboxylic acid groups (broad SMARTS) is 1. The summed E-state index contributed by atoms with van der Waals surface area (Å²) in [5.74, 6) is -2.26. The van der Waals surface area contributed by atoms with Gasteiger partial charge in [-0.25, -0.2) is 9.18 Å². The molecule has 0 spiro atoms. The van der Waals surface area contributed by atoms with E-state index in [4.69, 9.17) is 5.11 Å². The van der Waals surface area contributed by atoms with Gasteiger partial charge in [0.05, 0.1) is 6.54 Å². The topological polar surface area (TPSA) is 66.8 Å². The molecular formula is C13H12F3NO4. The second kappa shape index (κ2) is 5.63. The summed E-state index contributed by atoms with van der Waals surface area (Å²) < 4.78 is 42.0. The standard InChI is InChI=1S/C13H12F3NO4/c14-12(15)21-9-3-1-8(2-4-9)10(18)17-6-5-13(16,7-17)11(19)20/h1-4,12H,5-7H2,(H,19,20). The second-order valence-electron chi connectivity index (χ2n) is 4.65. The zero-order chi connectivity index (χ0) is 15.6. The molecule has 5 nitrogen and oxygen atoms in total. The average molecular weight is 303 g/mol. The first-order chi connectivity index (χ1) is 9.82. The second-order valence-corrected chi connectivity index (χ2v) is 4.65. The Balaban J connectivity index is 2.06. The van der Waals surface area contributed by atoms with E-state index in [1.165, 1.54) is 24.3 Å². The molecule has 0 radical (unpaired) electrons. The minimum Gasteiger partial charge on any atom is -0.479 e. The van der Waals surface area contributed by atoms with E-state index < -0.39 is 30.7 Å². The molecule has 114 valence electrons.